The van der Waals surface area contributed by atoms with E-state index >= 15 is 0 Å². The summed E-state index contributed by atoms with van der Waals surface area (Å²) in [6.07, 6.45) is 0. The summed E-state index contributed by atoms with van der Waals surface area (Å²) in [5.41, 5.74) is 0. The summed E-state index contributed by atoms with van der Waals surface area (Å²) in [5.74, 6) is -1.12. The maximum Gasteiger partial charge on any atom is 0.166 e. The summed E-state index contributed by atoms with van der Waals surface area (Å²) in [6.45, 7) is 0. The van der Waals surface area contributed by atoms with E-state index in [1.807, 2.05) is 0 Å². The van der Waals surface area contributed by atoms with E-state index in [1.54, 1.807) is 0 Å². The monoisotopic (exact) mass is 224 g/mol. The van der Waals surface area contributed by atoms with Crippen molar-refractivity contribution < 1.29 is 9.50 Å². The van der Waals surface area contributed by atoms with E-state index < -0.39 is 11.6 Å². The number of hydrogen-bond acceptors (Lipinski definition) is 1. The van der Waals surface area contributed by atoms with E-state index in [0.29, 0.717) is 9.50 Å². The normalized spacial score (nSPS) is 9.90. The Morgan fingerprint density at radius 2 is 2.10 bits per heavy atom. The second kappa shape index (κ2) is 2.76. The molecule has 0 aromatic heterocycles. The van der Waals surface area contributed by atoms with Gasteiger partial charge in [-0.15, -0.1) is 0 Å². The van der Waals surface area contributed by atoms with Crippen molar-refractivity contribution >= 4 is 27.5 Å². The van der Waals surface area contributed by atoms with Crippen molar-refractivity contribution in [2.75, 3.05) is 0 Å². The Morgan fingerprint density at radius 3 is 2.60 bits per heavy atom. The molecule has 0 bridgehead atoms. The fraction of sp³-hybridized carbons (Fsp3) is 0. The van der Waals surface area contributed by atoms with Crippen LogP contribution in [0, 0.1) is 5.82 Å². The zero-order valence-corrected chi connectivity index (χ0v) is 7.08. The molecule has 0 radical (unpaired) electrons. The van der Waals surface area contributed by atoms with Crippen LogP contribution in [0.4, 0.5) is 4.39 Å². The smallest absolute Gasteiger partial charge is 0.166 e. The second-order valence-electron chi connectivity index (χ2n) is 1.72. The summed E-state index contributed by atoms with van der Waals surface area (Å²) in [5, 5.41) is 9.03. The van der Waals surface area contributed by atoms with Crippen LogP contribution in [0.1, 0.15) is 0 Å². The van der Waals surface area contributed by atoms with Gasteiger partial charge in [-0.2, -0.15) is 0 Å². The molecule has 0 saturated carbocycles. The maximum absolute atomic E-state index is 12.4. The van der Waals surface area contributed by atoms with Crippen molar-refractivity contribution in [2.24, 2.45) is 0 Å². The van der Waals surface area contributed by atoms with Gasteiger partial charge in [0.05, 0.1) is 5.02 Å². The average Bonchev–Trinajstić information content (AvgIpc) is 1.84. The van der Waals surface area contributed by atoms with Gasteiger partial charge in [0.25, 0.3) is 0 Å². The number of hydrogen-bond donors (Lipinski definition) is 1. The van der Waals surface area contributed by atoms with Crippen molar-refractivity contribution in [2.45, 2.75) is 0 Å². The van der Waals surface area contributed by atoms with Crippen LogP contribution in [0.3, 0.4) is 0 Å². The van der Waals surface area contributed by atoms with Gasteiger partial charge in [-0.25, -0.2) is 4.39 Å². The van der Waals surface area contributed by atoms with Crippen LogP contribution in [-0.2, 0) is 0 Å². The average molecular weight is 225 g/mol. The molecule has 54 valence electrons. The van der Waals surface area contributed by atoms with Crippen LogP contribution in [0.5, 0.6) is 5.75 Å². The molecule has 0 aliphatic carbocycles. The zero-order valence-electron chi connectivity index (χ0n) is 4.74. The van der Waals surface area contributed by atoms with Gasteiger partial charge in [-0.3, -0.25) is 0 Å². The quantitative estimate of drug-likeness (QED) is 0.673. The van der Waals surface area contributed by atoms with Gasteiger partial charge in [0.15, 0.2) is 11.6 Å². The zero-order chi connectivity index (χ0) is 7.72. The molecule has 0 saturated heterocycles. The third-order valence-corrected chi connectivity index (χ3v) is 2.19. The minimum Gasteiger partial charge on any atom is -0.505 e. The van der Waals surface area contributed by atoms with Crippen molar-refractivity contribution in [1.82, 2.24) is 0 Å². The molecule has 0 unspecified atom stereocenters. The fourth-order valence-corrected chi connectivity index (χ4v) is 0.985. The lowest BCUT2D eigenvalue weighted by atomic mass is 10.3. The molecule has 0 amide bonds. The molecule has 0 heterocycles. The van der Waals surface area contributed by atoms with Crippen molar-refractivity contribution in [1.29, 1.82) is 0 Å². The van der Waals surface area contributed by atoms with Gasteiger partial charge < -0.3 is 5.11 Å². The molecule has 1 N–H and O–H groups in total. The van der Waals surface area contributed by atoms with Crippen LogP contribution in [-0.4, -0.2) is 5.11 Å². The minimum absolute atomic E-state index is 0.291. The Bertz CT molecular complexity index is 214. The lowest BCUT2D eigenvalue weighted by Crippen LogP contribution is -1.76. The first-order valence-electron chi connectivity index (χ1n) is 2.45. The highest BCUT2D eigenvalue weighted by Gasteiger charge is 2.03. The molecule has 1 aromatic carbocycles. The van der Waals surface area contributed by atoms with Crippen LogP contribution >= 0.6 is 27.5 Å². The highest BCUT2D eigenvalue weighted by Crippen LogP contribution is 2.28. The van der Waals surface area contributed by atoms with E-state index in [9.17, 15) is 4.39 Å². The highest BCUT2D eigenvalue weighted by atomic mass is 79.9. The third-order valence-electron chi connectivity index (χ3n) is 0.990. The van der Waals surface area contributed by atoms with Crippen LogP contribution in [0.15, 0.2) is 16.6 Å². The largest absolute Gasteiger partial charge is 0.505 e. The van der Waals surface area contributed by atoms with E-state index in [-0.39, 0.29) is 0 Å². The maximum atomic E-state index is 12.4. The second-order valence-corrected chi connectivity index (χ2v) is 2.98. The molecule has 10 heavy (non-hydrogen) atoms. The van der Waals surface area contributed by atoms with Gasteiger partial charge in [0.2, 0.25) is 0 Å². The Kier molecular flexibility index (Phi) is 2.16. The predicted molar refractivity (Wildman–Crippen MR) is 40.8 cm³/mol. The summed E-state index contributed by atoms with van der Waals surface area (Å²) in [7, 11) is 0. The summed E-state index contributed by atoms with van der Waals surface area (Å²) in [4.78, 5) is 0. The summed E-state index contributed by atoms with van der Waals surface area (Å²) >= 11 is 8.51. The fourth-order valence-electron chi connectivity index (χ4n) is 0.512. The van der Waals surface area contributed by atoms with E-state index in [2.05, 4.69) is 15.9 Å². The first-order chi connectivity index (χ1) is 4.61. The number of halogens is 3. The van der Waals surface area contributed by atoms with Gasteiger partial charge in [-0.05, 0) is 22.0 Å². The molecule has 0 fully saturated rings. The minimum atomic E-state index is -0.684. The first kappa shape index (κ1) is 7.82. The third kappa shape index (κ3) is 1.41. The number of benzene rings is 1. The molecular formula is C6H3BrClFO. The Hall–Kier alpha value is -0.280. The molecule has 4 heteroatoms. The lowest BCUT2D eigenvalue weighted by molar-refractivity contribution is 0.432. The molecule has 1 aromatic rings. The summed E-state index contributed by atoms with van der Waals surface area (Å²) in [6, 6.07) is 2.25. The topological polar surface area (TPSA) is 20.2 Å². The van der Waals surface area contributed by atoms with Crippen LogP contribution < -0.4 is 0 Å². The molecule has 1 rings (SSSR count). The van der Waals surface area contributed by atoms with Crippen LogP contribution in [0.25, 0.3) is 0 Å². The standard InChI is InChI=1S/C6H3BrClFO/c7-3-1-5(9)6(10)2-4(3)8/h1-2,10H. The van der Waals surface area contributed by atoms with E-state index in [1.165, 1.54) is 0 Å². The molecule has 1 nitrogen and oxygen atoms in total. The Labute approximate surface area is 70.6 Å². The highest BCUT2D eigenvalue weighted by molar-refractivity contribution is 9.10. The lowest BCUT2D eigenvalue weighted by Gasteiger charge is -1.97. The van der Waals surface area contributed by atoms with Gasteiger partial charge in [0, 0.05) is 10.5 Å². The molecule has 0 aliphatic heterocycles. The van der Waals surface area contributed by atoms with Crippen molar-refractivity contribution in [3.8, 4) is 5.75 Å². The molecule has 0 spiro atoms. The van der Waals surface area contributed by atoms with Gasteiger partial charge in [0.1, 0.15) is 0 Å². The van der Waals surface area contributed by atoms with Crippen molar-refractivity contribution in [3.63, 3.8) is 0 Å². The van der Waals surface area contributed by atoms with E-state index in [4.69, 9.17) is 16.7 Å². The number of phenols is 1. The molecule has 0 atom stereocenters. The number of rotatable bonds is 0. The molecule has 0 aliphatic rings. The Balaban J connectivity index is 3.28. The summed E-state index contributed by atoms with van der Waals surface area (Å²) < 4.78 is 12.9. The van der Waals surface area contributed by atoms with Gasteiger partial charge >= 0.3 is 0 Å². The van der Waals surface area contributed by atoms with Gasteiger partial charge in [-0.1, -0.05) is 11.6 Å². The number of aromatic hydroxyl groups is 1. The van der Waals surface area contributed by atoms with Crippen molar-refractivity contribution in [3.05, 3.63) is 27.4 Å². The number of phenolic OH excluding ortho intramolecular Hbond substituents is 1. The Morgan fingerprint density at radius 1 is 1.50 bits per heavy atom. The predicted octanol–water partition coefficient (Wildman–Crippen LogP) is 2.95. The van der Waals surface area contributed by atoms with E-state index in [0.717, 1.165) is 12.1 Å². The SMILES string of the molecule is Oc1cc(Cl)c(Br)cc1F. The molecular weight excluding hydrogens is 222 g/mol. The van der Waals surface area contributed by atoms with Crippen LogP contribution in [0.2, 0.25) is 5.02 Å². The first-order valence-corrected chi connectivity index (χ1v) is 3.62.